The number of hydrogen-bond donors (Lipinski definition) is 2. The van der Waals surface area contributed by atoms with Crippen LogP contribution in [0.3, 0.4) is 0 Å². The summed E-state index contributed by atoms with van der Waals surface area (Å²) in [7, 11) is 5.06. The molecule has 0 bridgehead atoms. The Labute approximate surface area is 167 Å². The Bertz CT molecular complexity index is 535. The molecule has 1 aromatic carbocycles. The molecule has 0 heterocycles. The van der Waals surface area contributed by atoms with Crippen LogP contribution in [0.15, 0.2) is 17.1 Å². The van der Waals surface area contributed by atoms with Gasteiger partial charge in [0.05, 0.1) is 20.8 Å². The van der Waals surface area contributed by atoms with E-state index >= 15 is 0 Å². The second-order valence-electron chi connectivity index (χ2n) is 5.81. The zero-order valence-corrected chi connectivity index (χ0v) is 17.9. The van der Waals surface area contributed by atoms with E-state index in [1.807, 2.05) is 19.1 Å². The standard InChI is InChI=1S/C18H29N3O3.HI/c1-5-24-17-15(22-3)10-13(11-16(17)23-4)12-20-18(19-2)21-14-8-6-7-9-14;/h10-11,14H,5-9,12H2,1-4H3,(H2,19,20,21);1H. The minimum absolute atomic E-state index is 0. The van der Waals surface area contributed by atoms with Gasteiger partial charge in [-0.05, 0) is 37.5 Å². The molecule has 1 aliphatic carbocycles. The van der Waals surface area contributed by atoms with Crippen LogP contribution in [-0.4, -0.2) is 39.9 Å². The molecule has 1 aromatic rings. The van der Waals surface area contributed by atoms with E-state index in [1.54, 1.807) is 21.3 Å². The van der Waals surface area contributed by atoms with Gasteiger partial charge in [-0.25, -0.2) is 0 Å². The highest BCUT2D eigenvalue weighted by Crippen LogP contribution is 2.38. The number of aliphatic imine (C=N–C) groups is 1. The second-order valence-corrected chi connectivity index (χ2v) is 5.81. The monoisotopic (exact) mass is 463 g/mol. The summed E-state index contributed by atoms with van der Waals surface area (Å²) in [5, 5.41) is 6.83. The molecular weight excluding hydrogens is 433 g/mol. The lowest BCUT2D eigenvalue weighted by Gasteiger charge is -2.18. The number of nitrogens with zero attached hydrogens (tertiary/aromatic N) is 1. The Morgan fingerprint density at radius 3 is 2.24 bits per heavy atom. The van der Waals surface area contributed by atoms with Crippen LogP contribution in [0.1, 0.15) is 38.2 Å². The van der Waals surface area contributed by atoms with E-state index in [9.17, 15) is 0 Å². The van der Waals surface area contributed by atoms with Gasteiger partial charge in [-0.3, -0.25) is 4.99 Å². The van der Waals surface area contributed by atoms with E-state index < -0.39 is 0 Å². The molecular formula is C18H30IN3O3. The molecule has 7 heteroatoms. The maximum atomic E-state index is 5.63. The van der Waals surface area contributed by atoms with Gasteiger partial charge in [0.15, 0.2) is 17.5 Å². The average molecular weight is 463 g/mol. The van der Waals surface area contributed by atoms with E-state index in [4.69, 9.17) is 14.2 Å². The summed E-state index contributed by atoms with van der Waals surface area (Å²) < 4.78 is 16.5. The number of nitrogens with one attached hydrogen (secondary N) is 2. The third-order valence-electron chi connectivity index (χ3n) is 4.19. The normalized spacial score (nSPS) is 14.6. The Balaban J connectivity index is 0.00000312. The molecule has 25 heavy (non-hydrogen) atoms. The average Bonchev–Trinajstić information content (AvgIpc) is 3.12. The van der Waals surface area contributed by atoms with E-state index in [2.05, 4.69) is 15.6 Å². The Kier molecular flexibility index (Phi) is 9.77. The van der Waals surface area contributed by atoms with E-state index in [0.29, 0.717) is 36.4 Å². The molecule has 0 atom stereocenters. The van der Waals surface area contributed by atoms with Crippen molar-refractivity contribution in [3.63, 3.8) is 0 Å². The van der Waals surface area contributed by atoms with Crippen LogP contribution < -0.4 is 24.8 Å². The predicted octanol–water partition coefficient (Wildman–Crippen LogP) is 3.33. The Morgan fingerprint density at radius 2 is 1.76 bits per heavy atom. The first-order valence-corrected chi connectivity index (χ1v) is 8.56. The second kappa shape index (κ2) is 11.3. The molecule has 142 valence electrons. The Hall–Kier alpha value is -1.38. The van der Waals surface area contributed by atoms with Crippen molar-refractivity contribution >= 4 is 29.9 Å². The van der Waals surface area contributed by atoms with E-state index in [1.165, 1.54) is 25.7 Å². The van der Waals surface area contributed by atoms with Crippen molar-refractivity contribution in [3.8, 4) is 17.2 Å². The molecule has 0 amide bonds. The number of rotatable bonds is 7. The quantitative estimate of drug-likeness (QED) is 0.369. The lowest BCUT2D eigenvalue weighted by Crippen LogP contribution is -2.41. The lowest BCUT2D eigenvalue weighted by molar-refractivity contribution is 0.288. The maximum Gasteiger partial charge on any atom is 0.203 e. The SMILES string of the molecule is CCOc1c(OC)cc(CNC(=NC)NC2CCCC2)cc1OC.I. The lowest BCUT2D eigenvalue weighted by atomic mass is 10.1. The Morgan fingerprint density at radius 1 is 1.16 bits per heavy atom. The molecule has 2 N–H and O–H groups in total. The van der Waals surface area contributed by atoms with Crippen molar-refractivity contribution in [1.29, 1.82) is 0 Å². The topological polar surface area (TPSA) is 64.1 Å². The summed E-state index contributed by atoms with van der Waals surface area (Å²) >= 11 is 0. The molecule has 1 saturated carbocycles. The maximum absolute atomic E-state index is 5.63. The van der Waals surface area contributed by atoms with Gasteiger partial charge in [0.1, 0.15) is 0 Å². The summed E-state index contributed by atoms with van der Waals surface area (Å²) in [5.41, 5.74) is 1.04. The fraction of sp³-hybridized carbons (Fsp3) is 0.611. The molecule has 0 spiro atoms. The van der Waals surface area contributed by atoms with E-state index in [0.717, 1.165) is 11.5 Å². The van der Waals surface area contributed by atoms with Crippen molar-refractivity contribution in [3.05, 3.63) is 17.7 Å². The van der Waals surface area contributed by atoms with Crippen LogP contribution >= 0.6 is 24.0 Å². The number of methoxy groups -OCH3 is 2. The summed E-state index contributed by atoms with van der Waals surface area (Å²) in [4.78, 5) is 4.31. The molecule has 0 unspecified atom stereocenters. The zero-order chi connectivity index (χ0) is 17.4. The number of ether oxygens (including phenoxy) is 3. The molecule has 0 saturated heterocycles. The van der Waals surface area contributed by atoms with Crippen LogP contribution in [0.5, 0.6) is 17.2 Å². The van der Waals surface area contributed by atoms with Crippen molar-refractivity contribution < 1.29 is 14.2 Å². The van der Waals surface area contributed by atoms with Gasteiger partial charge in [0, 0.05) is 19.6 Å². The third-order valence-corrected chi connectivity index (χ3v) is 4.19. The van der Waals surface area contributed by atoms with Crippen LogP contribution in [0.4, 0.5) is 0 Å². The van der Waals surface area contributed by atoms with Crippen LogP contribution in [0.25, 0.3) is 0 Å². The van der Waals surface area contributed by atoms with Crippen molar-refractivity contribution in [2.75, 3.05) is 27.9 Å². The number of hydrogen-bond acceptors (Lipinski definition) is 4. The highest BCUT2D eigenvalue weighted by atomic mass is 127. The summed E-state index contributed by atoms with van der Waals surface area (Å²) in [6.45, 7) is 3.13. The van der Waals surface area contributed by atoms with Crippen molar-refractivity contribution in [2.45, 2.75) is 45.2 Å². The molecule has 6 nitrogen and oxygen atoms in total. The van der Waals surface area contributed by atoms with Crippen molar-refractivity contribution in [1.82, 2.24) is 10.6 Å². The predicted molar refractivity (Wildman–Crippen MR) is 112 cm³/mol. The van der Waals surface area contributed by atoms with Gasteiger partial charge >= 0.3 is 0 Å². The smallest absolute Gasteiger partial charge is 0.203 e. The number of benzene rings is 1. The molecule has 1 aliphatic rings. The van der Waals surface area contributed by atoms with Crippen LogP contribution in [-0.2, 0) is 6.54 Å². The molecule has 0 aromatic heterocycles. The highest BCUT2D eigenvalue weighted by Gasteiger charge is 2.17. The number of halogens is 1. The summed E-state index contributed by atoms with van der Waals surface area (Å²) in [5.74, 6) is 2.81. The zero-order valence-electron chi connectivity index (χ0n) is 15.6. The van der Waals surface area contributed by atoms with Gasteiger partial charge in [-0.15, -0.1) is 24.0 Å². The molecule has 0 radical (unpaired) electrons. The fourth-order valence-corrected chi connectivity index (χ4v) is 2.97. The minimum atomic E-state index is 0. The van der Waals surface area contributed by atoms with Gasteiger partial charge in [0.25, 0.3) is 0 Å². The first-order chi connectivity index (χ1) is 11.7. The largest absolute Gasteiger partial charge is 0.493 e. The van der Waals surface area contributed by atoms with Crippen LogP contribution in [0.2, 0.25) is 0 Å². The fourth-order valence-electron chi connectivity index (χ4n) is 2.97. The molecule has 1 fully saturated rings. The summed E-state index contributed by atoms with van der Waals surface area (Å²) in [6, 6.07) is 4.45. The van der Waals surface area contributed by atoms with Crippen molar-refractivity contribution in [2.24, 2.45) is 4.99 Å². The number of guanidine groups is 1. The first kappa shape index (κ1) is 21.7. The minimum Gasteiger partial charge on any atom is -0.493 e. The molecule has 0 aliphatic heterocycles. The molecule has 2 rings (SSSR count). The third kappa shape index (κ3) is 6.13. The highest BCUT2D eigenvalue weighted by molar-refractivity contribution is 14.0. The van der Waals surface area contributed by atoms with E-state index in [-0.39, 0.29) is 24.0 Å². The van der Waals surface area contributed by atoms with Gasteiger partial charge in [0.2, 0.25) is 5.75 Å². The van der Waals surface area contributed by atoms with Gasteiger partial charge in [-0.1, -0.05) is 12.8 Å². The van der Waals surface area contributed by atoms with Crippen LogP contribution in [0, 0.1) is 0 Å². The van der Waals surface area contributed by atoms with Gasteiger partial charge < -0.3 is 24.8 Å². The summed E-state index contributed by atoms with van der Waals surface area (Å²) in [6.07, 6.45) is 5.01. The first-order valence-electron chi connectivity index (χ1n) is 8.56. The van der Waals surface area contributed by atoms with Gasteiger partial charge in [-0.2, -0.15) is 0 Å².